The zero-order valence-electron chi connectivity index (χ0n) is 8.36. The molecular formula is C10H14N2O2. The van der Waals surface area contributed by atoms with Crippen LogP contribution in [0.5, 0.6) is 0 Å². The van der Waals surface area contributed by atoms with Gasteiger partial charge in [-0.15, -0.1) is 0 Å². The SMILES string of the molecule is CNC1CC2C=CC(C(C)=O)N2C1=O. The minimum atomic E-state index is -0.328. The van der Waals surface area contributed by atoms with Crippen LogP contribution in [0.3, 0.4) is 0 Å². The van der Waals surface area contributed by atoms with Crippen molar-refractivity contribution in [3.63, 3.8) is 0 Å². The van der Waals surface area contributed by atoms with Gasteiger partial charge in [-0.1, -0.05) is 12.2 Å². The molecule has 1 N–H and O–H groups in total. The molecule has 3 unspecified atom stereocenters. The summed E-state index contributed by atoms with van der Waals surface area (Å²) >= 11 is 0. The Morgan fingerprint density at radius 1 is 1.57 bits per heavy atom. The first kappa shape index (κ1) is 9.40. The summed E-state index contributed by atoms with van der Waals surface area (Å²) in [5.41, 5.74) is 0. The Balaban J connectivity index is 2.21. The number of fused-ring (bicyclic) bond motifs is 1. The van der Waals surface area contributed by atoms with Crippen molar-refractivity contribution in [3.05, 3.63) is 12.2 Å². The Morgan fingerprint density at radius 3 is 2.86 bits per heavy atom. The fourth-order valence-corrected chi connectivity index (χ4v) is 2.21. The van der Waals surface area contributed by atoms with Crippen molar-refractivity contribution in [3.8, 4) is 0 Å². The first-order chi connectivity index (χ1) is 6.65. The number of likely N-dealkylation sites (N-methyl/N-ethyl adjacent to an activating group) is 1. The molecule has 3 atom stereocenters. The van der Waals surface area contributed by atoms with Gasteiger partial charge in [0.25, 0.3) is 0 Å². The van der Waals surface area contributed by atoms with Gasteiger partial charge in [0, 0.05) is 0 Å². The van der Waals surface area contributed by atoms with Crippen LogP contribution in [0.25, 0.3) is 0 Å². The van der Waals surface area contributed by atoms with Crippen LogP contribution in [0.2, 0.25) is 0 Å². The van der Waals surface area contributed by atoms with Gasteiger partial charge in [-0.3, -0.25) is 9.59 Å². The van der Waals surface area contributed by atoms with E-state index in [2.05, 4.69) is 5.32 Å². The summed E-state index contributed by atoms with van der Waals surface area (Å²) < 4.78 is 0. The van der Waals surface area contributed by atoms with Crippen molar-refractivity contribution in [2.75, 3.05) is 7.05 Å². The summed E-state index contributed by atoms with van der Waals surface area (Å²) in [7, 11) is 1.78. The topological polar surface area (TPSA) is 49.4 Å². The van der Waals surface area contributed by atoms with Crippen LogP contribution in [0, 0.1) is 0 Å². The molecule has 1 amide bonds. The lowest BCUT2D eigenvalue weighted by Crippen LogP contribution is -2.43. The largest absolute Gasteiger partial charge is 0.321 e. The van der Waals surface area contributed by atoms with Crippen LogP contribution in [-0.2, 0) is 9.59 Å². The lowest BCUT2D eigenvalue weighted by Gasteiger charge is -2.22. The third-order valence-corrected chi connectivity index (χ3v) is 2.97. The van der Waals surface area contributed by atoms with E-state index in [0.29, 0.717) is 0 Å². The van der Waals surface area contributed by atoms with E-state index < -0.39 is 0 Å². The smallest absolute Gasteiger partial charge is 0.241 e. The minimum absolute atomic E-state index is 0.0360. The summed E-state index contributed by atoms with van der Waals surface area (Å²) in [5, 5.41) is 2.97. The number of carbonyl (C=O) groups excluding carboxylic acids is 2. The molecule has 1 fully saturated rings. The van der Waals surface area contributed by atoms with Crippen LogP contribution < -0.4 is 5.32 Å². The average molecular weight is 194 g/mol. The van der Waals surface area contributed by atoms with E-state index >= 15 is 0 Å². The van der Waals surface area contributed by atoms with Gasteiger partial charge in [0.05, 0.1) is 12.1 Å². The highest BCUT2D eigenvalue weighted by Gasteiger charge is 2.44. The monoisotopic (exact) mass is 194 g/mol. The van der Waals surface area contributed by atoms with E-state index in [9.17, 15) is 9.59 Å². The second-order valence-corrected chi connectivity index (χ2v) is 3.83. The first-order valence-electron chi connectivity index (χ1n) is 4.83. The quantitative estimate of drug-likeness (QED) is 0.614. The molecule has 0 aromatic heterocycles. The van der Waals surface area contributed by atoms with Crippen LogP contribution >= 0.6 is 0 Å². The molecule has 4 heteroatoms. The predicted molar refractivity (Wildman–Crippen MR) is 51.7 cm³/mol. The van der Waals surface area contributed by atoms with E-state index in [0.717, 1.165) is 6.42 Å². The molecule has 14 heavy (non-hydrogen) atoms. The first-order valence-corrected chi connectivity index (χ1v) is 4.83. The highest BCUT2D eigenvalue weighted by Crippen LogP contribution is 2.28. The second kappa shape index (κ2) is 3.20. The zero-order chi connectivity index (χ0) is 10.3. The number of ketones is 1. The van der Waals surface area contributed by atoms with E-state index in [1.807, 2.05) is 12.2 Å². The Bertz CT molecular complexity index is 311. The lowest BCUT2D eigenvalue weighted by atomic mass is 10.1. The van der Waals surface area contributed by atoms with Gasteiger partial charge in [-0.25, -0.2) is 0 Å². The zero-order valence-corrected chi connectivity index (χ0v) is 8.36. The van der Waals surface area contributed by atoms with Gasteiger partial charge in [-0.05, 0) is 20.4 Å². The van der Waals surface area contributed by atoms with Gasteiger partial charge < -0.3 is 10.2 Å². The van der Waals surface area contributed by atoms with Crippen molar-refractivity contribution in [1.82, 2.24) is 10.2 Å². The van der Waals surface area contributed by atoms with Crippen molar-refractivity contribution < 1.29 is 9.59 Å². The summed E-state index contributed by atoms with van der Waals surface area (Å²) in [6.07, 6.45) is 4.56. The molecule has 0 saturated carbocycles. The van der Waals surface area contributed by atoms with Gasteiger partial charge in [0.1, 0.15) is 6.04 Å². The molecule has 4 nitrogen and oxygen atoms in total. The molecular weight excluding hydrogens is 180 g/mol. The van der Waals surface area contributed by atoms with E-state index in [4.69, 9.17) is 0 Å². The summed E-state index contributed by atoms with van der Waals surface area (Å²) in [5.74, 6) is 0.0801. The fourth-order valence-electron chi connectivity index (χ4n) is 2.21. The molecule has 0 spiro atoms. The molecule has 0 aromatic rings. The van der Waals surface area contributed by atoms with Crippen molar-refractivity contribution in [2.45, 2.75) is 31.5 Å². The lowest BCUT2D eigenvalue weighted by molar-refractivity contribution is -0.135. The molecule has 76 valence electrons. The van der Waals surface area contributed by atoms with Crippen LogP contribution in [0.1, 0.15) is 13.3 Å². The summed E-state index contributed by atoms with van der Waals surface area (Å²) in [6, 6.07) is -0.327. The summed E-state index contributed by atoms with van der Waals surface area (Å²) in [4.78, 5) is 24.8. The second-order valence-electron chi connectivity index (χ2n) is 3.83. The van der Waals surface area contributed by atoms with Crippen LogP contribution in [0.15, 0.2) is 12.2 Å². The number of amides is 1. The molecule has 2 aliphatic rings. The maximum Gasteiger partial charge on any atom is 0.241 e. The molecule has 0 radical (unpaired) electrons. The van der Waals surface area contributed by atoms with Crippen molar-refractivity contribution >= 4 is 11.7 Å². The van der Waals surface area contributed by atoms with Gasteiger partial charge in [0.15, 0.2) is 5.78 Å². The fraction of sp³-hybridized carbons (Fsp3) is 0.600. The number of carbonyl (C=O) groups is 2. The highest BCUT2D eigenvalue weighted by atomic mass is 16.2. The molecule has 2 aliphatic heterocycles. The molecule has 0 aromatic carbocycles. The van der Waals surface area contributed by atoms with E-state index in [1.165, 1.54) is 6.92 Å². The number of nitrogens with one attached hydrogen (secondary N) is 1. The Kier molecular flexibility index (Phi) is 2.15. The third kappa shape index (κ3) is 1.18. The number of hydrogen-bond donors (Lipinski definition) is 1. The molecule has 2 heterocycles. The number of rotatable bonds is 2. The molecule has 0 aliphatic carbocycles. The highest BCUT2D eigenvalue weighted by molar-refractivity contribution is 5.94. The normalized spacial score (nSPS) is 35.1. The summed E-state index contributed by atoms with van der Waals surface area (Å²) in [6.45, 7) is 1.53. The van der Waals surface area contributed by atoms with Crippen LogP contribution in [0.4, 0.5) is 0 Å². The number of Topliss-reactive ketones (excluding diaryl/α,β-unsaturated/α-hetero) is 1. The maximum absolute atomic E-state index is 11.8. The standard InChI is InChI=1S/C10H14N2O2/c1-6(13)9-4-3-7-5-8(11-2)10(14)12(7)9/h3-4,7-9,11H,5H2,1-2H3. The van der Waals surface area contributed by atoms with Gasteiger partial charge in [0.2, 0.25) is 5.91 Å². The Morgan fingerprint density at radius 2 is 2.29 bits per heavy atom. The van der Waals surface area contributed by atoms with Gasteiger partial charge >= 0.3 is 0 Å². The van der Waals surface area contributed by atoms with Gasteiger partial charge in [-0.2, -0.15) is 0 Å². The number of hydrogen-bond acceptors (Lipinski definition) is 3. The molecule has 0 bridgehead atoms. The Labute approximate surface area is 83.0 Å². The Hall–Kier alpha value is -1.16. The number of nitrogens with zero attached hydrogens (tertiary/aromatic N) is 1. The van der Waals surface area contributed by atoms with Crippen molar-refractivity contribution in [1.29, 1.82) is 0 Å². The third-order valence-electron chi connectivity index (χ3n) is 2.97. The molecule has 1 saturated heterocycles. The van der Waals surface area contributed by atoms with E-state index in [-0.39, 0.29) is 29.8 Å². The maximum atomic E-state index is 11.8. The van der Waals surface area contributed by atoms with E-state index in [1.54, 1.807) is 11.9 Å². The van der Waals surface area contributed by atoms with Crippen LogP contribution in [-0.4, -0.2) is 41.8 Å². The van der Waals surface area contributed by atoms with Crippen molar-refractivity contribution in [2.24, 2.45) is 0 Å². The molecule has 2 rings (SSSR count). The minimum Gasteiger partial charge on any atom is -0.321 e. The predicted octanol–water partition coefficient (Wildman–Crippen LogP) is -0.297. The average Bonchev–Trinajstić information content (AvgIpc) is 2.66.